The lowest BCUT2D eigenvalue weighted by Crippen LogP contribution is -2.35. The van der Waals surface area contributed by atoms with Crippen LogP contribution in [0, 0.1) is 6.92 Å². The zero-order valence-corrected chi connectivity index (χ0v) is 15.4. The molecule has 0 atom stereocenters. The highest BCUT2D eigenvalue weighted by Gasteiger charge is 2.25. The molecule has 0 N–H and O–H groups in total. The van der Waals surface area contributed by atoms with E-state index in [2.05, 4.69) is 23.2 Å². The van der Waals surface area contributed by atoms with Crippen molar-refractivity contribution in [1.29, 1.82) is 0 Å². The minimum absolute atomic E-state index is 0.0738. The van der Waals surface area contributed by atoms with Crippen molar-refractivity contribution in [2.75, 3.05) is 6.54 Å². The maximum Gasteiger partial charge on any atom is 0.266 e. The molecule has 0 aliphatic carbocycles. The van der Waals surface area contributed by atoms with Crippen LogP contribution in [0.5, 0.6) is 0 Å². The van der Waals surface area contributed by atoms with Crippen LogP contribution in [0.2, 0.25) is 5.02 Å². The predicted octanol–water partition coefficient (Wildman–Crippen LogP) is 4.97. The fourth-order valence-electron chi connectivity index (χ4n) is 3.12. The number of benzene rings is 2. The van der Waals surface area contributed by atoms with Crippen LogP contribution >= 0.6 is 22.9 Å². The largest absolute Gasteiger partial charge is 0.333 e. The monoisotopic (exact) mass is 368 g/mol. The van der Waals surface area contributed by atoms with Crippen molar-refractivity contribution >= 4 is 28.8 Å². The van der Waals surface area contributed by atoms with Crippen molar-refractivity contribution in [3.8, 4) is 10.6 Å². The molecule has 4 rings (SSSR count). The van der Waals surface area contributed by atoms with Gasteiger partial charge in [0.25, 0.3) is 5.91 Å². The lowest BCUT2D eigenvalue weighted by Gasteiger charge is -2.28. The summed E-state index contributed by atoms with van der Waals surface area (Å²) >= 11 is 7.41. The van der Waals surface area contributed by atoms with E-state index in [0.717, 1.165) is 34.1 Å². The first kappa shape index (κ1) is 16.3. The third kappa shape index (κ3) is 3.20. The van der Waals surface area contributed by atoms with Crippen molar-refractivity contribution in [2.24, 2.45) is 0 Å². The molecular weight excluding hydrogens is 352 g/mol. The summed E-state index contributed by atoms with van der Waals surface area (Å²) < 4.78 is 0. The second-order valence-corrected chi connectivity index (χ2v) is 7.62. The standard InChI is InChI=1S/C20H17ClN2OS/c1-13-18(25-19(22-13)15-6-8-17(21)9-7-15)20(24)23-11-10-14-4-2-3-5-16(14)12-23/h2-9H,10-12H2,1H3. The van der Waals surface area contributed by atoms with Gasteiger partial charge in [0.15, 0.2) is 0 Å². The number of fused-ring (bicyclic) bond motifs is 1. The van der Waals surface area contributed by atoms with Crippen LogP contribution in [-0.4, -0.2) is 22.3 Å². The normalized spacial score (nSPS) is 13.6. The molecule has 2 heterocycles. The molecule has 0 saturated carbocycles. The number of halogens is 1. The average molecular weight is 369 g/mol. The number of carbonyl (C=O) groups is 1. The summed E-state index contributed by atoms with van der Waals surface area (Å²) in [7, 11) is 0. The van der Waals surface area contributed by atoms with E-state index in [9.17, 15) is 4.79 Å². The van der Waals surface area contributed by atoms with E-state index in [-0.39, 0.29) is 5.91 Å². The average Bonchev–Trinajstić information content (AvgIpc) is 3.03. The first-order chi connectivity index (χ1) is 12.1. The van der Waals surface area contributed by atoms with Gasteiger partial charge in [-0.25, -0.2) is 4.98 Å². The Kier molecular flexibility index (Phi) is 4.32. The molecule has 3 nitrogen and oxygen atoms in total. The number of carbonyl (C=O) groups excluding carboxylic acids is 1. The van der Waals surface area contributed by atoms with Gasteiger partial charge in [-0.15, -0.1) is 11.3 Å². The van der Waals surface area contributed by atoms with Gasteiger partial charge in [-0.05, 0) is 36.6 Å². The van der Waals surface area contributed by atoms with E-state index in [1.807, 2.05) is 42.2 Å². The molecule has 5 heteroatoms. The molecule has 0 saturated heterocycles. The summed E-state index contributed by atoms with van der Waals surface area (Å²) in [6.07, 6.45) is 0.907. The minimum atomic E-state index is 0.0738. The molecule has 0 unspecified atom stereocenters. The van der Waals surface area contributed by atoms with Crippen molar-refractivity contribution in [3.05, 3.63) is 75.3 Å². The third-order valence-corrected chi connectivity index (χ3v) is 5.95. The molecule has 0 radical (unpaired) electrons. The van der Waals surface area contributed by atoms with E-state index in [1.54, 1.807) is 0 Å². The Morgan fingerprint density at radius 2 is 1.84 bits per heavy atom. The highest BCUT2D eigenvalue weighted by Crippen LogP contribution is 2.30. The van der Waals surface area contributed by atoms with Crippen molar-refractivity contribution in [1.82, 2.24) is 9.88 Å². The Bertz CT molecular complexity index is 933. The molecular formula is C20H17ClN2OS. The van der Waals surface area contributed by atoms with E-state index in [1.165, 1.54) is 22.5 Å². The fourth-order valence-corrected chi connectivity index (χ4v) is 4.29. The van der Waals surface area contributed by atoms with Gasteiger partial charge in [0.2, 0.25) is 0 Å². The fraction of sp³-hybridized carbons (Fsp3) is 0.200. The van der Waals surface area contributed by atoms with Crippen molar-refractivity contribution < 1.29 is 4.79 Å². The summed E-state index contributed by atoms with van der Waals surface area (Å²) in [4.78, 5) is 20.3. The number of amides is 1. The summed E-state index contributed by atoms with van der Waals surface area (Å²) in [5.74, 6) is 0.0738. The molecule has 1 aliphatic rings. The Labute approximate surface area is 155 Å². The molecule has 0 bridgehead atoms. The molecule has 25 heavy (non-hydrogen) atoms. The number of rotatable bonds is 2. The van der Waals surface area contributed by atoms with E-state index < -0.39 is 0 Å². The van der Waals surface area contributed by atoms with Gasteiger partial charge in [0.1, 0.15) is 9.88 Å². The maximum atomic E-state index is 13.0. The van der Waals surface area contributed by atoms with Crippen LogP contribution in [0.3, 0.4) is 0 Å². The van der Waals surface area contributed by atoms with Crippen molar-refractivity contribution in [2.45, 2.75) is 19.9 Å². The number of aromatic nitrogens is 1. The smallest absolute Gasteiger partial charge is 0.266 e. The maximum absolute atomic E-state index is 13.0. The molecule has 126 valence electrons. The molecule has 3 aromatic rings. The van der Waals surface area contributed by atoms with Crippen LogP contribution in [0.25, 0.3) is 10.6 Å². The second kappa shape index (κ2) is 6.62. The van der Waals surface area contributed by atoms with Crippen LogP contribution in [0.1, 0.15) is 26.5 Å². The lowest BCUT2D eigenvalue weighted by molar-refractivity contribution is 0.0738. The van der Waals surface area contributed by atoms with Gasteiger partial charge >= 0.3 is 0 Å². The van der Waals surface area contributed by atoms with Gasteiger partial charge < -0.3 is 4.90 Å². The van der Waals surface area contributed by atoms with Crippen LogP contribution in [0.15, 0.2) is 48.5 Å². The number of nitrogens with zero attached hydrogens (tertiary/aromatic N) is 2. The molecule has 1 amide bonds. The zero-order chi connectivity index (χ0) is 17.4. The Hall–Kier alpha value is -2.17. The lowest BCUT2D eigenvalue weighted by atomic mass is 10.00. The van der Waals surface area contributed by atoms with E-state index >= 15 is 0 Å². The Morgan fingerprint density at radius 1 is 1.12 bits per heavy atom. The van der Waals surface area contributed by atoms with Gasteiger partial charge in [0.05, 0.1) is 5.69 Å². The van der Waals surface area contributed by atoms with Crippen molar-refractivity contribution in [3.63, 3.8) is 0 Å². The Morgan fingerprint density at radius 3 is 2.60 bits per heavy atom. The third-order valence-electron chi connectivity index (χ3n) is 4.50. The number of hydrogen-bond acceptors (Lipinski definition) is 3. The molecule has 1 aromatic heterocycles. The van der Waals surface area contributed by atoms with Gasteiger partial charge in [-0.3, -0.25) is 4.79 Å². The summed E-state index contributed by atoms with van der Waals surface area (Å²) in [6.45, 7) is 3.33. The highest BCUT2D eigenvalue weighted by molar-refractivity contribution is 7.17. The topological polar surface area (TPSA) is 33.2 Å². The van der Waals surface area contributed by atoms with Gasteiger partial charge in [0, 0.05) is 23.7 Å². The van der Waals surface area contributed by atoms with Gasteiger partial charge in [-0.1, -0.05) is 48.0 Å². The zero-order valence-electron chi connectivity index (χ0n) is 13.8. The quantitative estimate of drug-likeness (QED) is 0.639. The van der Waals surface area contributed by atoms with E-state index in [0.29, 0.717) is 11.6 Å². The summed E-state index contributed by atoms with van der Waals surface area (Å²) in [5, 5.41) is 1.55. The molecule has 1 aliphatic heterocycles. The first-order valence-electron chi connectivity index (χ1n) is 8.21. The van der Waals surface area contributed by atoms with E-state index in [4.69, 9.17) is 11.6 Å². The molecule has 0 spiro atoms. The molecule has 0 fully saturated rings. The number of aryl methyl sites for hydroxylation is 1. The predicted molar refractivity (Wildman–Crippen MR) is 102 cm³/mol. The van der Waals surface area contributed by atoms with Crippen LogP contribution < -0.4 is 0 Å². The number of thiazole rings is 1. The first-order valence-corrected chi connectivity index (χ1v) is 9.40. The number of hydrogen-bond donors (Lipinski definition) is 0. The minimum Gasteiger partial charge on any atom is -0.333 e. The highest BCUT2D eigenvalue weighted by atomic mass is 35.5. The molecule has 2 aromatic carbocycles. The van der Waals surface area contributed by atoms with Gasteiger partial charge in [-0.2, -0.15) is 0 Å². The van der Waals surface area contributed by atoms with Crippen LogP contribution in [0.4, 0.5) is 0 Å². The summed E-state index contributed by atoms with van der Waals surface area (Å²) in [5.41, 5.74) is 4.36. The SMILES string of the molecule is Cc1nc(-c2ccc(Cl)cc2)sc1C(=O)N1CCc2ccccc2C1. The second-order valence-electron chi connectivity index (χ2n) is 6.19. The van der Waals surface area contributed by atoms with Crippen LogP contribution in [-0.2, 0) is 13.0 Å². The Balaban J connectivity index is 1.60. The summed E-state index contributed by atoms with van der Waals surface area (Å²) in [6, 6.07) is 15.9.